The van der Waals surface area contributed by atoms with E-state index in [-0.39, 0.29) is 42.2 Å². The average molecular weight is 422 g/mol. The fourth-order valence-electron chi connectivity index (χ4n) is 4.70. The first-order valence-electron chi connectivity index (χ1n) is 9.06. The number of hydrogen-bond acceptors (Lipinski definition) is 4. The minimum atomic E-state index is -0.172. The van der Waals surface area contributed by atoms with Crippen LogP contribution in [0, 0.1) is 11.3 Å². The van der Waals surface area contributed by atoms with Gasteiger partial charge >= 0.3 is 0 Å². The number of amides is 1. The first kappa shape index (κ1) is 21.5. The van der Waals surface area contributed by atoms with Crippen LogP contribution < -0.4 is 15.5 Å². The summed E-state index contributed by atoms with van der Waals surface area (Å²) in [6.07, 6.45) is 7.36. The molecule has 0 bridgehead atoms. The van der Waals surface area contributed by atoms with E-state index in [1.54, 1.807) is 6.20 Å². The predicted octanol–water partition coefficient (Wildman–Crippen LogP) is 3.05. The van der Waals surface area contributed by atoms with E-state index in [1.165, 1.54) is 19.3 Å². The molecule has 3 fully saturated rings. The van der Waals surface area contributed by atoms with Crippen LogP contribution in [0.1, 0.15) is 32.1 Å². The lowest BCUT2D eigenvalue weighted by molar-refractivity contribution is -0.134. The van der Waals surface area contributed by atoms with Crippen LogP contribution in [0.2, 0.25) is 5.02 Å². The standard InChI is InChI=1S/C18H25ClN4O.2ClH/c19-15-5-3-8-21-16(15)23-9-6-14(11-23)22-17(24)18-7-2-1-4-13(18)10-20-12-18;;/h3,5,8,13-14,20H,1-2,4,6-7,9-12H2,(H,22,24);2*1H/t13-,14?,18+;;/m0../s1. The van der Waals surface area contributed by atoms with Crippen LogP contribution in [0.25, 0.3) is 0 Å². The molecule has 1 unspecified atom stereocenters. The third kappa shape index (κ3) is 3.91. The van der Waals surface area contributed by atoms with Crippen molar-refractivity contribution in [3.8, 4) is 0 Å². The van der Waals surface area contributed by atoms with Gasteiger partial charge in [0.05, 0.1) is 10.4 Å². The van der Waals surface area contributed by atoms with Gasteiger partial charge in [-0.1, -0.05) is 24.4 Å². The van der Waals surface area contributed by atoms with Gasteiger partial charge in [0, 0.05) is 31.9 Å². The maximum Gasteiger partial charge on any atom is 0.228 e. The van der Waals surface area contributed by atoms with Gasteiger partial charge < -0.3 is 15.5 Å². The highest BCUT2D eigenvalue weighted by Crippen LogP contribution is 2.44. The van der Waals surface area contributed by atoms with Gasteiger partial charge in [-0.05, 0) is 43.9 Å². The van der Waals surface area contributed by atoms with Gasteiger partial charge in [-0.15, -0.1) is 24.8 Å². The van der Waals surface area contributed by atoms with E-state index in [2.05, 4.69) is 20.5 Å². The molecule has 5 nitrogen and oxygen atoms in total. The van der Waals surface area contributed by atoms with Gasteiger partial charge in [0.2, 0.25) is 5.91 Å². The summed E-state index contributed by atoms with van der Waals surface area (Å²) in [7, 11) is 0. The SMILES string of the molecule is Cl.Cl.O=C(NC1CCN(c2ncccc2Cl)C1)[C@@]12CCCC[C@H]1CNC2. The first-order valence-corrected chi connectivity index (χ1v) is 9.44. The Morgan fingerprint density at radius 1 is 1.35 bits per heavy atom. The number of aromatic nitrogens is 1. The number of hydrogen-bond donors (Lipinski definition) is 2. The van der Waals surface area contributed by atoms with Crippen molar-refractivity contribution in [2.75, 3.05) is 31.1 Å². The van der Waals surface area contributed by atoms with E-state index < -0.39 is 0 Å². The third-order valence-corrected chi connectivity index (χ3v) is 6.35. The fourth-order valence-corrected chi connectivity index (χ4v) is 4.94. The Morgan fingerprint density at radius 2 is 2.19 bits per heavy atom. The predicted molar refractivity (Wildman–Crippen MR) is 110 cm³/mol. The van der Waals surface area contributed by atoms with Gasteiger partial charge in [-0.3, -0.25) is 4.79 Å². The van der Waals surface area contributed by atoms with Gasteiger partial charge in [0.25, 0.3) is 0 Å². The van der Waals surface area contributed by atoms with Crippen LogP contribution in [-0.2, 0) is 4.79 Å². The molecule has 0 spiro atoms. The molecule has 1 saturated carbocycles. The van der Waals surface area contributed by atoms with E-state index in [0.29, 0.717) is 10.9 Å². The zero-order valence-corrected chi connectivity index (χ0v) is 17.1. The number of carbonyl (C=O) groups excluding carboxylic acids is 1. The fraction of sp³-hybridized carbons (Fsp3) is 0.667. The minimum Gasteiger partial charge on any atom is -0.353 e. The number of nitrogens with zero attached hydrogens (tertiary/aromatic N) is 2. The van der Waals surface area contributed by atoms with Crippen molar-refractivity contribution in [1.82, 2.24) is 15.6 Å². The number of nitrogens with one attached hydrogen (secondary N) is 2. The molecule has 1 amide bonds. The van der Waals surface area contributed by atoms with Crippen molar-refractivity contribution < 1.29 is 4.79 Å². The number of fused-ring (bicyclic) bond motifs is 1. The molecule has 3 atom stereocenters. The van der Waals surface area contributed by atoms with Crippen molar-refractivity contribution in [1.29, 1.82) is 0 Å². The molecule has 3 heterocycles. The molecular formula is C18H27Cl3N4O. The topological polar surface area (TPSA) is 57.3 Å². The summed E-state index contributed by atoms with van der Waals surface area (Å²) in [5.74, 6) is 1.59. The summed E-state index contributed by atoms with van der Waals surface area (Å²) in [6.45, 7) is 3.51. The van der Waals surface area contributed by atoms with Crippen LogP contribution in [0.5, 0.6) is 0 Å². The Bertz CT molecular complexity index is 632. The second-order valence-corrected chi connectivity index (χ2v) is 7.85. The van der Waals surface area contributed by atoms with Gasteiger partial charge in [-0.2, -0.15) is 0 Å². The number of carbonyl (C=O) groups is 1. The summed E-state index contributed by atoms with van der Waals surface area (Å²) in [4.78, 5) is 19.6. The maximum atomic E-state index is 13.1. The van der Waals surface area contributed by atoms with E-state index in [1.807, 2.05) is 12.1 Å². The second-order valence-electron chi connectivity index (χ2n) is 7.44. The quantitative estimate of drug-likeness (QED) is 0.787. The van der Waals surface area contributed by atoms with E-state index >= 15 is 0 Å². The molecule has 8 heteroatoms. The Morgan fingerprint density at radius 3 is 3.00 bits per heavy atom. The molecule has 1 aliphatic carbocycles. The molecule has 2 N–H and O–H groups in total. The second kappa shape index (κ2) is 8.96. The summed E-state index contributed by atoms with van der Waals surface area (Å²) in [5, 5.41) is 7.47. The average Bonchev–Trinajstić information content (AvgIpc) is 3.22. The number of pyridine rings is 1. The molecule has 3 aliphatic rings. The zero-order valence-electron chi connectivity index (χ0n) is 14.7. The number of anilines is 1. The van der Waals surface area contributed by atoms with E-state index in [0.717, 1.165) is 44.8 Å². The van der Waals surface area contributed by atoms with Crippen molar-refractivity contribution >= 4 is 48.1 Å². The molecule has 1 aromatic heterocycles. The maximum absolute atomic E-state index is 13.1. The Labute approximate surface area is 172 Å². The third-order valence-electron chi connectivity index (χ3n) is 6.05. The van der Waals surface area contributed by atoms with Crippen LogP contribution in [0.15, 0.2) is 18.3 Å². The van der Waals surface area contributed by atoms with Crippen molar-refractivity contribution in [3.63, 3.8) is 0 Å². The van der Waals surface area contributed by atoms with Gasteiger partial charge in [0.1, 0.15) is 5.82 Å². The lowest BCUT2D eigenvalue weighted by Crippen LogP contribution is -2.51. The molecule has 26 heavy (non-hydrogen) atoms. The van der Waals surface area contributed by atoms with Crippen LogP contribution in [0.3, 0.4) is 0 Å². The highest BCUT2D eigenvalue weighted by Gasteiger charge is 2.50. The van der Waals surface area contributed by atoms with Crippen LogP contribution in [0.4, 0.5) is 5.82 Å². The summed E-state index contributed by atoms with van der Waals surface area (Å²) in [5.41, 5.74) is -0.172. The molecule has 0 aromatic carbocycles. The van der Waals surface area contributed by atoms with Crippen molar-refractivity contribution in [2.24, 2.45) is 11.3 Å². The Hall–Kier alpha value is -0.750. The lowest BCUT2D eigenvalue weighted by Gasteiger charge is -2.37. The number of rotatable bonds is 3. The largest absolute Gasteiger partial charge is 0.353 e. The lowest BCUT2D eigenvalue weighted by atomic mass is 9.67. The van der Waals surface area contributed by atoms with E-state index in [4.69, 9.17) is 11.6 Å². The normalized spacial score (nSPS) is 30.1. The van der Waals surface area contributed by atoms with Crippen LogP contribution in [-0.4, -0.2) is 43.1 Å². The Kier molecular flexibility index (Phi) is 7.43. The highest BCUT2D eigenvalue weighted by molar-refractivity contribution is 6.32. The minimum absolute atomic E-state index is 0. The molecule has 146 valence electrons. The molecule has 2 saturated heterocycles. The smallest absolute Gasteiger partial charge is 0.228 e. The van der Waals surface area contributed by atoms with Crippen LogP contribution >= 0.6 is 36.4 Å². The number of halogens is 3. The highest BCUT2D eigenvalue weighted by atomic mass is 35.5. The van der Waals surface area contributed by atoms with Gasteiger partial charge in [-0.25, -0.2) is 4.98 Å². The monoisotopic (exact) mass is 420 g/mol. The molecule has 2 aliphatic heterocycles. The summed E-state index contributed by atoms with van der Waals surface area (Å²) >= 11 is 6.25. The van der Waals surface area contributed by atoms with E-state index in [9.17, 15) is 4.79 Å². The first-order chi connectivity index (χ1) is 11.7. The summed E-state index contributed by atoms with van der Waals surface area (Å²) < 4.78 is 0. The Balaban J connectivity index is 0.00000121. The zero-order chi connectivity index (χ0) is 16.6. The molecule has 0 radical (unpaired) electrons. The van der Waals surface area contributed by atoms with Crippen molar-refractivity contribution in [2.45, 2.75) is 38.1 Å². The van der Waals surface area contributed by atoms with Gasteiger partial charge in [0.15, 0.2) is 0 Å². The molecule has 4 rings (SSSR count). The molecule has 1 aromatic rings. The van der Waals surface area contributed by atoms with Crippen molar-refractivity contribution in [3.05, 3.63) is 23.4 Å². The molecular weight excluding hydrogens is 395 g/mol. The summed E-state index contributed by atoms with van der Waals surface area (Å²) in [6, 6.07) is 3.90.